The Balaban J connectivity index is 2.84. The molecule has 1 unspecified atom stereocenters. The van der Waals surface area contributed by atoms with Gasteiger partial charge in [0, 0.05) is 4.90 Å². The van der Waals surface area contributed by atoms with Crippen LogP contribution in [-0.4, -0.2) is 17.3 Å². The normalized spacial score (nSPS) is 12.5. The van der Waals surface area contributed by atoms with E-state index in [9.17, 15) is 8.60 Å². The lowest BCUT2D eigenvalue weighted by Crippen LogP contribution is -1.92. The highest BCUT2D eigenvalue weighted by molar-refractivity contribution is 7.84. The number of hydrogen-bond donors (Lipinski definition) is 0. The highest BCUT2D eigenvalue weighted by Gasteiger charge is 2.01. The maximum atomic E-state index is 11.9. The summed E-state index contributed by atoms with van der Waals surface area (Å²) < 4.78 is 27.7. The summed E-state index contributed by atoms with van der Waals surface area (Å²) in [5.41, 5.74) is 0. The topological polar surface area (TPSA) is 26.3 Å². The second-order valence-corrected chi connectivity index (χ2v) is 3.51. The van der Waals surface area contributed by atoms with Gasteiger partial charge in [-0.25, -0.2) is 4.39 Å². The Kier molecular flexibility index (Phi) is 3.22. The van der Waals surface area contributed by atoms with Crippen molar-refractivity contribution in [3.8, 4) is 5.75 Å². The van der Waals surface area contributed by atoms with Crippen molar-refractivity contribution in [2.45, 2.75) is 4.90 Å². The fourth-order valence-electron chi connectivity index (χ4n) is 0.791. The van der Waals surface area contributed by atoms with Gasteiger partial charge >= 0.3 is 0 Å². The molecule has 0 saturated heterocycles. The molecule has 1 atom stereocenters. The van der Waals surface area contributed by atoms with Crippen LogP contribution in [-0.2, 0) is 10.8 Å². The molecule has 0 aromatic heterocycles. The Hall–Kier alpha value is -0.900. The molecule has 0 aliphatic heterocycles. The number of methoxy groups -OCH3 is 1. The van der Waals surface area contributed by atoms with Crippen LogP contribution in [0, 0.1) is 0 Å². The molecular formula is C8H9FO2S. The van der Waals surface area contributed by atoms with Gasteiger partial charge in [-0.2, -0.15) is 0 Å². The molecule has 0 spiro atoms. The van der Waals surface area contributed by atoms with Crippen LogP contribution in [0.1, 0.15) is 0 Å². The average Bonchev–Trinajstić information content (AvgIpc) is 2.17. The van der Waals surface area contributed by atoms with Gasteiger partial charge in [-0.1, -0.05) is 0 Å². The van der Waals surface area contributed by atoms with Crippen LogP contribution in [0.4, 0.5) is 4.39 Å². The standard InChI is InChI=1S/C8H9FO2S/c1-11-7-2-4-8(5-3-7)12(10)6-9/h2-5H,6H2,1H3. The minimum atomic E-state index is -1.52. The number of benzene rings is 1. The molecule has 0 aliphatic rings. The van der Waals surface area contributed by atoms with Gasteiger partial charge in [0.2, 0.25) is 0 Å². The molecule has 0 bridgehead atoms. The zero-order chi connectivity index (χ0) is 8.97. The molecule has 0 fully saturated rings. The summed E-state index contributed by atoms with van der Waals surface area (Å²) >= 11 is 0. The van der Waals surface area contributed by atoms with E-state index in [2.05, 4.69) is 0 Å². The van der Waals surface area contributed by atoms with Gasteiger partial charge in [0.05, 0.1) is 17.9 Å². The van der Waals surface area contributed by atoms with E-state index in [-0.39, 0.29) is 0 Å². The zero-order valence-electron chi connectivity index (χ0n) is 6.62. The minimum absolute atomic E-state index is 0.485. The first-order valence-corrected chi connectivity index (χ1v) is 4.68. The maximum absolute atomic E-state index is 11.9. The van der Waals surface area contributed by atoms with Gasteiger partial charge in [-0.15, -0.1) is 0 Å². The molecule has 0 radical (unpaired) electrons. The van der Waals surface area contributed by atoms with Crippen LogP contribution in [0.15, 0.2) is 29.2 Å². The van der Waals surface area contributed by atoms with Crippen LogP contribution in [0.3, 0.4) is 0 Å². The summed E-state index contributed by atoms with van der Waals surface area (Å²) in [7, 11) is 0.0199. The van der Waals surface area contributed by atoms with Gasteiger partial charge in [0.15, 0.2) is 6.01 Å². The largest absolute Gasteiger partial charge is 0.497 e. The first-order chi connectivity index (χ1) is 5.77. The number of hydrogen-bond acceptors (Lipinski definition) is 2. The summed E-state index contributed by atoms with van der Waals surface area (Å²) in [6.07, 6.45) is 0. The molecule has 1 aromatic rings. The Morgan fingerprint density at radius 1 is 1.42 bits per heavy atom. The third-order valence-corrected chi connectivity index (χ3v) is 2.42. The molecule has 1 aromatic carbocycles. The third-order valence-electron chi connectivity index (χ3n) is 1.42. The average molecular weight is 188 g/mol. The van der Waals surface area contributed by atoms with Crippen molar-refractivity contribution in [2.75, 3.05) is 13.1 Å². The van der Waals surface area contributed by atoms with E-state index >= 15 is 0 Å². The molecule has 12 heavy (non-hydrogen) atoms. The predicted octanol–water partition coefficient (Wildman–Crippen LogP) is 1.73. The minimum Gasteiger partial charge on any atom is -0.497 e. The van der Waals surface area contributed by atoms with Crippen molar-refractivity contribution < 1.29 is 13.3 Å². The predicted molar refractivity (Wildman–Crippen MR) is 45.4 cm³/mol. The molecule has 0 amide bonds. The van der Waals surface area contributed by atoms with Crippen molar-refractivity contribution in [3.05, 3.63) is 24.3 Å². The Labute approximate surface area is 72.8 Å². The van der Waals surface area contributed by atoms with Crippen molar-refractivity contribution in [1.29, 1.82) is 0 Å². The lowest BCUT2D eigenvalue weighted by atomic mass is 10.3. The second-order valence-electron chi connectivity index (χ2n) is 2.13. The Morgan fingerprint density at radius 3 is 2.42 bits per heavy atom. The molecule has 0 heterocycles. The summed E-state index contributed by atoms with van der Waals surface area (Å²) in [5, 5.41) is 0. The van der Waals surface area contributed by atoms with Crippen molar-refractivity contribution in [3.63, 3.8) is 0 Å². The Bertz CT molecular complexity index is 271. The smallest absolute Gasteiger partial charge is 0.169 e. The van der Waals surface area contributed by atoms with Crippen molar-refractivity contribution in [2.24, 2.45) is 0 Å². The second kappa shape index (κ2) is 4.21. The first kappa shape index (κ1) is 9.19. The number of halogens is 1. The van der Waals surface area contributed by atoms with Gasteiger partial charge < -0.3 is 4.74 Å². The number of ether oxygens (including phenoxy) is 1. The number of alkyl halides is 1. The molecule has 2 nitrogen and oxygen atoms in total. The summed E-state index contributed by atoms with van der Waals surface area (Å²) in [5.74, 6) is 0.676. The monoisotopic (exact) mass is 188 g/mol. The molecule has 66 valence electrons. The van der Waals surface area contributed by atoms with E-state index in [0.29, 0.717) is 10.6 Å². The van der Waals surface area contributed by atoms with Crippen LogP contribution in [0.25, 0.3) is 0 Å². The van der Waals surface area contributed by atoms with E-state index in [1.54, 1.807) is 31.4 Å². The summed E-state index contributed by atoms with van der Waals surface area (Å²) in [4.78, 5) is 0.485. The third kappa shape index (κ3) is 2.04. The lowest BCUT2D eigenvalue weighted by Gasteiger charge is -2.00. The molecule has 0 aliphatic carbocycles. The van der Waals surface area contributed by atoms with Gasteiger partial charge in [-0.05, 0) is 24.3 Å². The van der Waals surface area contributed by atoms with Crippen LogP contribution >= 0.6 is 0 Å². The van der Waals surface area contributed by atoms with Crippen molar-refractivity contribution >= 4 is 10.8 Å². The van der Waals surface area contributed by atoms with Crippen molar-refractivity contribution in [1.82, 2.24) is 0 Å². The van der Waals surface area contributed by atoms with E-state index < -0.39 is 16.8 Å². The summed E-state index contributed by atoms with van der Waals surface area (Å²) in [6, 6.07) is 5.65. The molecule has 4 heteroatoms. The fourth-order valence-corrected chi connectivity index (χ4v) is 1.36. The Morgan fingerprint density at radius 2 is 2.00 bits per heavy atom. The SMILES string of the molecule is COc1ccc(S(=O)CF)cc1. The first-order valence-electron chi connectivity index (χ1n) is 3.36. The van der Waals surface area contributed by atoms with E-state index in [1.165, 1.54) is 0 Å². The highest BCUT2D eigenvalue weighted by atomic mass is 32.2. The van der Waals surface area contributed by atoms with Gasteiger partial charge in [-0.3, -0.25) is 4.21 Å². The van der Waals surface area contributed by atoms with Crippen LogP contribution in [0.2, 0.25) is 0 Å². The molecule has 0 saturated carbocycles. The molecule has 1 rings (SSSR count). The van der Waals surface area contributed by atoms with Crippen LogP contribution in [0.5, 0.6) is 5.75 Å². The van der Waals surface area contributed by atoms with E-state index in [1.807, 2.05) is 0 Å². The van der Waals surface area contributed by atoms with Gasteiger partial charge in [0.25, 0.3) is 0 Å². The maximum Gasteiger partial charge on any atom is 0.169 e. The molecule has 0 N–H and O–H groups in total. The quantitative estimate of drug-likeness (QED) is 0.722. The fraction of sp³-hybridized carbons (Fsp3) is 0.250. The molecular weight excluding hydrogens is 179 g/mol. The van der Waals surface area contributed by atoms with Crippen LogP contribution < -0.4 is 4.74 Å². The highest BCUT2D eigenvalue weighted by Crippen LogP contribution is 2.14. The van der Waals surface area contributed by atoms with E-state index in [0.717, 1.165) is 0 Å². The van der Waals surface area contributed by atoms with Gasteiger partial charge in [0.1, 0.15) is 5.75 Å². The summed E-state index contributed by atoms with van der Waals surface area (Å²) in [6.45, 7) is 0. The van der Waals surface area contributed by atoms with E-state index in [4.69, 9.17) is 4.74 Å². The zero-order valence-corrected chi connectivity index (χ0v) is 7.44. The number of rotatable bonds is 3. The lowest BCUT2D eigenvalue weighted by molar-refractivity contribution is 0.414.